The second-order valence-corrected chi connectivity index (χ2v) is 10.4. The van der Waals surface area contributed by atoms with Crippen molar-refractivity contribution in [3.63, 3.8) is 0 Å². The Balaban J connectivity index is 1.72. The van der Waals surface area contributed by atoms with Crippen molar-refractivity contribution in [1.82, 2.24) is 4.98 Å². The van der Waals surface area contributed by atoms with Gasteiger partial charge < -0.3 is 0 Å². The SMILES string of the molecule is F[Si]1(F)c2cc3ccccc3cc2-c2nccc3c2c1cc1c2ccccc2ccc31. The number of halogens is 2. The van der Waals surface area contributed by atoms with Crippen molar-refractivity contribution in [2.24, 2.45) is 0 Å². The molecule has 7 rings (SSSR count). The number of pyridine rings is 1. The summed E-state index contributed by atoms with van der Waals surface area (Å²) in [5, 5.41) is 7.56. The van der Waals surface area contributed by atoms with Crippen LogP contribution in [0, 0.1) is 0 Å². The summed E-state index contributed by atoms with van der Waals surface area (Å²) in [6, 6.07) is 27.0. The molecule has 1 nitrogen and oxygen atoms in total. The van der Waals surface area contributed by atoms with Gasteiger partial charge >= 0.3 is 8.74 Å². The van der Waals surface area contributed by atoms with Crippen molar-refractivity contribution in [3.8, 4) is 11.3 Å². The molecule has 0 radical (unpaired) electrons. The minimum atomic E-state index is -4.92. The van der Waals surface area contributed by atoms with Gasteiger partial charge in [-0.3, -0.25) is 13.2 Å². The van der Waals surface area contributed by atoms with Crippen molar-refractivity contribution in [1.29, 1.82) is 0 Å². The van der Waals surface area contributed by atoms with Crippen molar-refractivity contribution in [3.05, 3.63) is 91.1 Å². The van der Waals surface area contributed by atoms with Gasteiger partial charge in [-0.1, -0.05) is 60.7 Å². The topological polar surface area (TPSA) is 12.9 Å². The van der Waals surface area contributed by atoms with Gasteiger partial charge in [-0.25, -0.2) is 0 Å². The third-order valence-electron chi connectivity index (χ3n) is 6.59. The molecule has 1 aliphatic rings. The second kappa shape index (κ2) is 5.74. The lowest BCUT2D eigenvalue weighted by atomic mass is 9.94. The van der Waals surface area contributed by atoms with Crippen LogP contribution in [-0.4, -0.2) is 13.7 Å². The van der Waals surface area contributed by atoms with Crippen LogP contribution in [0.3, 0.4) is 0 Å². The van der Waals surface area contributed by atoms with E-state index in [1.807, 2.05) is 60.7 Å². The van der Waals surface area contributed by atoms with E-state index in [1.165, 1.54) is 0 Å². The summed E-state index contributed by atoms with van der Waals surface area (Å²) in [4.78, 5) is 4.61. The Kier molecular flexibility index (Phi) is 3.16. The first-order valence-corrected chi connectivity index (χ1v) is 12.0. The van der Waals surface area contributed by atoms with E-state index in [0.717, 1.165) is 37.7 Å². The van der Waals surface area contributed by atoms with Gasteiger partial charge in [-0.2, -0.15) is 0 Å². The molecule has 146 valence electrons. The molecular weight excluding hydrogens is 404 g/mol. The number of nitrogens with zero attached hydrogens (tertiary/aromatic N) is 1. The van der Waals surface area contributed by atoms with Crippen molar-refractivity contribution in [2.75, 3.05) is 0 Å². The maximum atomic E-state index is 16.2. The van der Waals surface area contributed by atoms with Crippen molar-refractivity contribution in [2.45, 2.75) is 0 Å². The van der Waals surface area contributed by atoms with Gasteiger partial charge in [-0.05, 0) is 62.0 Å². The van der Waals surface area contributed by atoms with Gasteiger partial charge in [-0.15, -0.1) is 0 Å². The highest BCUT2D eigenvalue weighted by atomic mass is 28.4. The molecule has 0 aliphatic carbocycles. The molecule has 0 saturated carbocycles. The normalized spacial score (nSPS) is 14.4. The van der Waals surface area contributed by atoms with E-state index >= 15 is 8.22 Å². The Labute approximate surface area is 177 Å². The van der Waals surface area contributed by atoms with Gasteiger partial charge in [0.1, 0.15) is 0 Å². The Morgan fingerprint density at radius 3 is 2.16 bits per heavy atom. The fourth-order valence-electron chi connectivity index (χ4n) is 5.15. The van der Waals surface area contributed by atoms with E-state index in [2.05, 4.69) is 17.1 Å². The van der Waals surface area contributed by atoms with Crippen LogP contribution in [0.25, 0.3) is 54.3 Å². The summed E-state index contributed by atoms with van der Waals surface area (Å²) in [5.41, 5.74) is 1.25. The first-order chi connectivity index (χ1) is 15.1. The third kappa shape index (κ3) is 2.15. The Hall–Kier alpha value is -3.63. The molecular formula is C27H15F2NSi. The van der Waals surface area contributed by atoms with Crippen LogP contribution in [0.1, 0.15) is 0 Å². The number of hydrogen-bond acceptors (Lipinski definition) is 1. The lowest BCUT2D eigenvalue weighted by Crippen LogP contribution is -2.54. The molecule has 0 N–H and O–H groups in total. The first kappa shape index (κ1) is 17.1. The molecule has 0 amide bonds. The molecule has 6 aromatic rings. The number of fused-ring (bicyclic) bond motifs is 7. The van der Waals surface area contributed by atoms with E-state index < -0.39 is 8.74 Å². The molecule has 0 atom stereocenters. The summed E-state index contributed by atoms with van der Waals surface area (Å²) in [5.74, 6) is 0. The van der Waals surface area contributed by atoms with Crippen LogP contribution in [-0.2, 0) is 0 Å². The van der Waals surface area contributed by atoms with Crippen LogP contribution < -0.4 is 10.4 Å². The maximum Gasteiger partial charge on any atom is 0.488 e. The summed E-state index contributed by atoms with van der Waals surface area (Å²) in [7, 11) is -4.92. The zero-order valence-electron chi connectivity index (χ0n) is 16.4. The largest absolute Gasteiger partial charge is 0.488 e. The Morgan fingerprint density at radius 1 is 0.581 bits per heavy atom. The van der Waals surface area contributed by atoms with Gasteiger partial charge in [0.2, 0.25) is 0 Å². The van der Waals surface area contributed by atoms with E-state index in [4.69, 9.17) is 0 Å². The maximum absolute atomic E-state index is 16.2. The van der Waals surface area contributed by atoms with Gasteiger partial charge in [0, 0.05) is 27.5 Å². The summed E-state index contributed by atoms with van der Waals surface area (Å²) in [6.07, 6.45) is 1.75. The number of hydrogen-bond donors (Lipinski definition) is 0. The fourth-order valence-corrected chi connectivity index (χ4v) is 7.20. The van der Waals surface area contributed by atoms with Gasteiger partial charge in [0.25, 0.3) is 0 Å². The fraction of sp³-hybridized carbons (Fsp3) is 0. The summed E-state index contributed by atoms with van der Waals surface area (Å²) in [6.45, 7) is 0. The molecule has 2 heterocycles. The van der Waals surface area contributed by atoms with Crippen LogP contribution in [0.15, 0.2) is 91.1 Å². The average Bonchev–Trinajstić information content (AvgIpc) is 2.81. The molecule has 0 spiro atoms. The molecule has 4 heteroatoms. The van der Waals surface area contributed by atoms with Crippen LogP contribution in [0.2, 0.25) is 0 Å². The molecule has 1 aromatic heterocycles. The predicted molar refractivity (Wildman–Crippen MR) is 127 cm³/mol. The predicted octanol–water partition coefficient (Wildman–Crippen LogP) is 6.17. The lowest BCUT2D eigenvalue weighted by molar-refractivity contribution is 0.655. The number of aromatic nitrogens is 1. The van der Waals surface area contributed by atoms with E-state index in [-0.39, 0.29) is 10.4 Å². The first-order valence-electron chi connectivity index (χ1n) is 10.3. The molecule has 0 bridgehead atoms. The molecule has 1 aliphatic heterocycles. The third-order valence-corrected chi connectivity index (χ3v) is 8.75. The van der Waals surface area contributed by atoms with Gasteiger partial charge in [0.15, 0.2) is 0 Å². The molecule has 31 heavy (non-hydrogen) atoms. The highest BCUT2D eigenvalue weighted by Crippen LogP contribution is 2.39. The molecule has 0 saturated heterocycles. The highest BCUT2D eigenvalue weighted by Gasteiger charge is 2.48. The van der Waals surface area contributed by atoms with Crippen LogP contribution in [0.5, 0.6) is 0 Å². The minimum Gasteiger partial charge on any atom is -0.259 e. The van der Waals surface area contributed by atoms with Crippen LogP contribution >= 0.6 is 0 Å². The van der Waals surface area contributed by atoms with Crippen molar-refractivity contribution < 1.29 is 8.22 Å². The Bertz CT molecular complexity index is 1720. The number of rotatable bonds is 0. The van der Waals surface area contributed by atoms with Crippen molar-refractivity contribution >= 4 is 62.2 Å². The quantitative estimate of drug-likeness (QED) is 0.163. The van der Waals surface area contributed by atoms with Gasteiger partial charge in [0.05, 0.1) is 5.69 Å². The van der Waals surface area contributed by atoms with E-state index in [9.17, 15) is 0 Å². The zero-order valence-corrected chi connectivity index (χ0v) is 17.4. The van der Waals surface area contributed by atoms with E-state index in [0.29, 0.717) is 16.6 Å². The second-order valence-electron chi connectivity index (χ2n) is 8.21. The standard InChI is InChI=1S/C27H15F2NSi/c28-31(29)24-14-18-7-2-1-6-17(18)13-23(24)27-26-21(11-12-30-27)20-10-9-16-5-3-4-8-19(16)22(20)15-25(26)31/h1-15H. The summed E-state index contributed by atoms with van der Waals surface area (Å²) >= 11 is 0. The molecule has 0 unspecified atom stereocenters. The van der Waals surface area contributed by atoms with E-state index in [1.54, 1.807) is 18.3 Å². The summed E-state index contributed by atoms with van der Waals surface area (Å²) < 4.78 is 32.4. The smallest absolute Gasteiger partial charge is 0.259 e. The zero-order chi connectivity index (χ0) is 20.7. The minimum absolute atomic E-state index is 0.165. The molecule has 0 fully saturated rings. The average molecular weight is 420 g/mol. The monoisotopic (exact) mass is 419 g/mol. The lowest BCUT2D eigenvalue weighted by Gasteiger charge is -2.27. The number of benzene rings is 5. The van der Waals surface area contributed by atoms with Crippen LogP contribution in [0.4, 0.5) is 8.22 Å². The molecule has 5 aromatic carbocycles. The highest BCUT2D eigenvalue weighted by molar-refractivity contribution is 6.95. The Morgan fingerprint density at radius 2 is 1.32 bits per heavy atom.